The number of rotatable bonds is 10. The number of methoxy groups -OCH3 is 1. The lowest BCUT2D eigenvalue weighted by molar-refractivity contribution is -0.140. The lowest BCUT2D eigenvalue weighted by Crippen LogP contribution is -2.54. The summed E-state index contributed by atoms with van der Waals surface area (Å²) in [6.07, 6.45) is 0. The minimum absolute atomic E-state index is 0.0600. The number of amides is 2. The van der Waals surface area contributed by atoms with Gasteiger partial charge in [0.05, 0.1) is 17.7 Å². The largest absolute Gasteiger partial charge is 0.497 e. The van der Waals surface area contributed by atoms with Crippen LogP contribution in [0.3, 0.4) is 0 Å². The van der Waals surface area contributed by atoms with E-state index in [0.717, 1.165) is 15.4 Å². The van der Waals surface area contributed by atoms with Gasteiger partial charge in [0, 0.05) is 12.1 Å². The Morgan fingerprint density at radius 1 is 0.923 bits per heavy atom. The van der Waals surface area contributed by atoms with E-state index in [1.165, 1.54) is 24.1 Å². The second kappa shape index (κ2) is 12.3. The predicted molar refractivity (Wildman–Crippen MR) is 153 cm³/mol. The van der Waals surface area contributed by atoms with E-state index in [0.29, 0.717) is 11.4 Å². The number of carbonyl (C=O) groups is 2. The number of hydrogen-bond donors (Lipinski definition) is 1. The first kappa shape index (κ1) is 29.7. The van der Waals surface area contributed by atoms with Gasteiger partial charge in [0.15, 0.2) is 0 Å². The molecule has 9 heteroatoms. The second-order valence-corrected chi connectivity index (χ2v) is 12.3. The van der Waals surface area contributed by atoms with Gasteiger partial charge in [-0.3, -0.25) is 13.9 Å². The average Bonchev–Trinajstić information content (AvgIpc) is 2.89. The van der Waals surface area contributed by atoms with Crippen molar-refractivity contribution >= 4 is 27.5 Å². The summed E-state index contributed by atoms with van der Waals surface area (Å²) in [6, 6.07) is 21.4. The first-order valence-electron chi connectivity index (χ1n) is 12.7. The predicted octanol–water partition coefficient (Wildman–Crippen LogP) is 4.53. The van der Waals surface area contributed by atoms with Crippen molar-refractivity contribution in [2.75, 3.05) is 18.0 Å². The van der Waals surface area contributed by atoms with Crippen LogP contribution < -0.4 is 14.4 Å². The Bertz CT molecular complexity index is 1370. The summed E-state index contributed by atoms with van der Waals surface area (Å²) in [6.45, 7) is 8.74. The molecule has 3 aromatic carbocycles. The number of sulfonamides is 1. The topological polar surface area (TPSA) is 96.0 Å². The van der Waals surface area contributed by atoms with Crippen molar-refractivity contribution in [3.05, 3.63) is 90.0 Å². The SMILES string of the molecule is COc1ccc(N(CC(=O)N(Cc2ccccc2)C(C)C(=O)NC(C)(C)C)S(=O)(=O)c2ccc(C)cc2)cc1. The molecule has 208 valence electrons. The average molecular weight is 552 g/mol. The molecule has 0 fully saturated rings. The van der Waals surface area contributed by atoms with Crippen LogP contribution in [0.25, 0.3) is 0 Å². The smallest absolute Gasteiger partial charge is 0.264 e. The minimum atomic E-state index is -4.12. The number of carbonyl (C=O) groups excluding carboxylic acids is 2. The molecular formula is C30H37N3O5S. The molecule has 0 heterocycles. The van der Waals surface area contributed by atoms with Gasteiger partial charge in [0.1, 0.15) is 18.3 Å². The molecule has 3 aromatic rings. The van der Waals surface area contributed by atoms with Gasteiger partial charge in [-0.05, 0) is 76.6 Å². The summed E-state index contributed by atoms with van der Waals surface area (Å²) < 4.78 is 34.0. The third-order valence-corrected chi connectivity index (χ3v) is 7.90. The molecule has 2 amide bonds. The Hall–Kier alpha value is -3.85. The van der Waals surface area contributed by atoms with Crippen LogP contribution in [0.2, 0.25) is 0 Å². The molecule has 0 aromatic heterocycles. The van der Waals surface area contributed by atoms with E-state index in [1.54, 1.807) is 43.3 Å². The molecule has 0 aliphatic rings. The first-order chi connectivity index (χ1) is 18.3. The highest BCUT2D eigenvalue weighted by Crippen LogP contribution is 2.27. The number of nitrogens with zero attached hydrogens (tertiary/aromatic N) is 2. The maximum Gasteiger partial charge on any atom is 0.264 e. The van der Waals surface area contributed by atoms with Gasteiger partial charge in [-0.1, -0.05) is 48.0 Å². The van der Waals surface area contributed by atoms with Gasteiger partial charge in [0.25, 0.3) is 10.0 Å². The Balaban J connectivity index is 2.03. The van der Waals surface area contributed by atoms with E-state index >= 15 is 0 Å². The molecule has 0 saturated carbocycles. The van der Waals surface area contributed by atoms with E-state index in [-0.39, 0.29) is 17.3 Å². The van der Waals surface area contributed by atoms with Crippen LogP contribution in [0.15, 0.2) is 83.8 Å². The van der Waals surface area contributed by atoms with Crippen LogP contribution in [-0.2, 0) is 26.2 Å². The lowest BCUT2D eigenvalue weighted by atomic mass is 10.1. The highest BCUT2D eigenvalue weighted by molar-refractivity contribution is 7.92. The highest BCUT2D eigenvalue weighted by Gasteiger charge is 2.33. The molecule has 0 saturated heterocycles. The van der Waals surface area contributed by atoms with Crippen molar-refractivity contribution in [1.82, 2.24) is 10.2 Å². The van der Waals surface area contributed by atoms with Gasteiger partial charge in [-0.25, -0.2) is 8.42 Å². The fourth-order valence-electron chi connectivity index (χ4n) is 3.95. The minimum Gasteiger partial charge on any atom is -0.497 e. The zero-order chi connectivity index (χ0) is 28.8. The zero-order valence-electron chi connectivity index (χ0n) is 23.3. The lowest BCUT2D eigenvalue weighted by Gasteiger charge is -2.33. The fraction of sp³-hybridized carbons (Fsp3) is 0.333. The molecule has 1 unspecified atom stereocenters. The molecule has 0 bridgehead atoms. The molecule has 39 heavy (non-hydrogen) atoms. The molecular weight excluding hydrogens is 514 g/mol. The van der Waals surface area contributed by atoms with Gasteiger partial charge >= 0.3 is 0 Å². The molecule has 8 nitrogen and oxygen atoms in total. The summed E-state index contributed by atoms with van der Waals surface area (Å²) in [7, 11) is -2.60. The summed E-state index contributed by atoms with van der Waals surface area (Å²) in [4.78, 5) is 28.5. The Morgan fingerprint density at radius 2 is 1.51 bits per heavy atom. The number of nitrogens with one attached hydrogen (secondary N) is 1. The quantitative estimate of drug-likeness (QED) is 0.399. The van der Waals surface area contributed by atoms with Gasteiger partial charge < -0.3 is 15.0 Å². The van der Waals surface area contributed by atoms with Crippen LogP contribution in [-0.4, -0.2) is 50.4 Å². The van der Waals surface area contributed by atoms with E-state index in [1.807, 2.05) is 58.0 Å². The summed E-state index contributed by atoms with van der Waals surface area (Å²) in [5, 5.41) is 2.92. The summed E-state index contributed by atoms with van der Waals surface area (Å²) in [5.74, 6) is -0.290. The van der Waals surface area contributed by atoms with Crippen molar-refractivity contribution in [3.8, 4) is 5.75 Å². The number of hydrogen-bond acceptors (Lipinski definition) is 5. The van der Waals surface area contributed by atoms with Crippen molar-refractivity contribution in [3.63, 3.8) is 0 Å². The Kier molecular flexibility index (Phi) is 9.40. The third kappa shape index (κ3) is 7.83. The molecule has 1 atom stereocenters. The molecule has 0 radical (unpaired) electrons. The van der Waals surface area contributed by atoms with Crippen LogP contribution in [0.4, 0.5) is 5.69 Å². The molecule has 0 aliphatic heterocycles. The second-order valence-electron chi connectivity index (χ2n) is 10.4. The van der Waals surface area contributed by atoms with Gasteiger partial charge in [0.2, 0.25) is 11.8 Å². The maximum atomic E-state index is 13.9. The van der Waals surface area contributed by atoms with Crippen LogP contribution in [0, 0.1) is 6.92 Å². The zero-order valence-corrected chi connectivity index (χ0v) is 24.2. The summed E-state index contributed by atoms with van der Waals surface area (Å²) >= 11 is 0. The summed E-state index contributed by atoms with van der Waals surface area (Å²) in [5.41, 5.74) is 1.53. The van der Waals surface area contributed by atoms with Crippen LogP contribution in [0.1, 0.15) is 38.8 Å². The Labute approximate surface area is 231 Å². The molecule has 1 N–H and O–H groups in total. The van der Waals surface area contributed by atoms with E-state index in [9.17, 15) is 18.0 Å². The monoisotopic (exact) mass is 551 g/mol. The van der Waals surface area contributed by atoms with E-state index in [4.69, 9.17) is 4.74 Å². The maximum absolute atomic E-state index is 13.9. The van der Waals surface area contributed by atoms with Gasteiger partial charge in [-0.2, -0.15) is 0 Å². The van der Waals surface area contributed by atoms with Crippen LogP contribution in [0.5, 0.6) is 5.75 Å². The molecule has 0 spiro atoms. The standard InChI is InChI=1S/C30H37N3O5S/c1-22-12-18-27(19-13-22)39(36,37)33(25-14-16-26(38-6)17-15-25)21-28(34)32(20-24-10-8-7-9-11-24)23(2)29(35)31-30(3,4)5/h7-19,23H,20-21H2,1-6H3,(H,31,35). The van der Waals surface area contributed by atoms with Crippen molar-refractivity contribution in [2.45, 2.75) is 57.6 Å². The molecule has 3 rings (SSSR count). The number of ether oxygens (including phenoxy) is 1. The third-order valence-electron chi connectivity index (χ3n) is 6.11. The number of anilines is 1. The fourth-order valence-corrected chi connectivity index (χ4v) is 5.37. The van der Waals surface area contributed by atoms with Crippen molar-refractivity contribution in [1.29, 1.82) is 0 Å². The van der Waals surface area contributed by atoms with E-state index < -0.39 is 34.1 Å². The Morgan fingerprint density at radius 3 is 2.05 bits per heavy atom. The van der Waals surface area contributed by atoms with Crippen molar-refractivity contribution < 1.29 is 22.7 Å². The van der Waals surface area contributed by atoms with Crippen LogP contribution >= 0.6 is 0 Å². The molecule has 0 aliphatic carbocycles. The van der Waals surface area contributed by atoms with Gasteiger partial charge in [-0.15, -0.1) is 0 Å². The first-order valence-corrected chi connectivity index (χ1v) is 14.1. The number of benzene rings is 3. The highest BCUT2D eigenvalue weighted by atomic mass is 32.2. The van der Waals surface area contributed by atoms with Crippen molar-refractivity contribution in [2.24, 2.45) is 0 Å². The number of aryl methyl sites for hydroxylation is 1. The van der Waals surface area contributed by atoms with E-state index in [2.05, 4.69) is 5.32 Å². The normalized spacial score (nSPS) is 12.4.